The molecular weight excluding hydrogens is 216 g/mol. The van der Waals surface area contributed by atoms with E-state index in [2.05, 4.69) is 27.1 Å². The molecule has 1 aromatic rings. The molecule has 0 spiro atoms. The number of nitrogens with one attached hydrogen (secondary N) is 1. The SMILES string of the molecule is CCNCCN(C)c1cc(OCC)nc(C)n1. The van der Waals surface area contributed by atoms with Gasteiger partial charge in [0.2, 0.25) is 5.88 Å². The molecule has 1 N–H and O–H groups in total. The monoisotopic (exact) mass is 238 g/mol. The number of aromatic nitrogens is 2. The Morgan fingerprint density at radius 1 is 1.35 bits per heavy atom. The second kappa shape index (κ2) is 7.06. The minimum Gasteiger partial charge on any atom is -0.478 e. The summed E-state index contributed by atoms with van der Waals surface area (Å²) < 4.78 is 5.41. The molecule has 0 amide bonds. The molecule has 0 saturated heterocycles. The number of ether oxygens (including phenoxy) is 1. The minimum absolute atomic E-state index is 0.622. The van der Waals surface area contributed by atoms with E-state index in [0.717, 1.165) is 31.3 Å². The highest BCUT2D eigenvalue weighted by Gasteiger charge is 2.06. The molecule has 0 aliphatic heterocycles. The summed E-state index contributed by atoms with van der Waals surface area (Å²) in [7, 11) is 2.02. The van der Waals surface area contributed by atoms with Crippen LogP contribution in [0.2, 0.25) is 0 Å². The maximum Gasteiger partial charge on any atom is 0.218 e. The van der Waals surface area contributed by atoms with Gasteiger partial charge in [-0.3, -0.25) is 0 Å². The van der Waals surface area contributed by atoms with Crippen molar-refractivity contribution in [1.29, 1.82) is 0 Å². The van der Waals surface area contributed by atoms with Crippen molar-refractivity contribution in [2.45, 2.75) is 20.8 Å². The summed E-state index contributed by atoms with van der Waals surface area (Å²) in [6.45, 7) is 9.39. The number of hydrogen-bond donors (Lipinski definition) is 1. The van der Waals surface area contributed by atoms with Gasteiger partial charge in [0.15, 0.2) is 0 Å². The van der Waals surface area contributed by atoms with Crippen molar-refractivity contribution in [1.82, 2.24) is 15.3 Å². The van der Waals surface area contributed by atoms with Crippen LogP contribution in [0.5, 0.6) is 5.88 Å². The first kappa shape index (κ1) is 13.7. The predicted molar refractivity (Wildman–Crippen MR) is 69.8 cm³/mol. The van der Waals surface area contributed by atoms with Crippen LogP contribution in [0.25, 0.3) is 0 Å². The fourth-order valence-electron chi connectivity index (χ4n) is 1.48. The van der Waals surface area contributed by atoms with E-state index in [0.29, 0.717) is 12.5 Å². The first-order valence-electron chi connectivity index (χ1n) is 6.07. The molecule has 5 nitrogen and oxygen atoms in total. The zero-order valence-electron chi connectivity index (χ0n) is 11.2. The fourth-order valence-corrected chi connectivity index (χ4v) is 1.48. The highest BCUT2D eigenvalue weighted by molar-refractivity contribution is 5.40. The highest BCUT2D eigenvalue weighted by Crippen LogP contribution is 2.15. The van der Waals surface area contributed by atoms with Crippen molar-refractivity contribution in [3.8, 4) is 5.88 Å². The lowest BCUT2D eigenvalue weighted by Gasteiger charge is -2.19. The van der Waals surface area contributed by atoms with Gasteiger partial charge >= 0.3 is 0 Å². The molecule has 5 heteroatoms. The zero-order valence-corrected chi connectivity index (χ0v) is 11.2. The van der Waals surface area contributed by atoms with Crippen LogP contribution in [-0.4, -0.2) is 43.3 Å². The Morgan fingerprint density at radius 2 is 2.12 bits per heavy atom. The quantitative estimate of drug-likeness (QED) is 0.724. The molecule has 1 aromatic heterocycles. The van der Waals surface area contributed by atoms with Crippen molar-refractivity contribution in [2.75, 3.05) is 38.2 Å². The van der Waals surface area contributed by atoms with Crippen LogP contribution in [-0.2, 0) is 0 Å². The number of nitrogens with zero attached hydrogens (tertiary/aromatic N) is 3. The summed E-state index contributed by atoms with van der Waals surface area (Å²) in [5.74, 6) is 2.28. The van der Waals surface area contributed by atoms with E-state index in [1.807, 2.05) is 27.0 Å². The fraction of sp³-hybridized carbons (Fsp3) is 0.667. The Labute approximate surface area is 103 Å². The van der Waals surface area contributed by atoms with Gasteiger partial charge < -0.3 is 15.0 Å². The Morgan fingerprint density at radius 3 is 2.76 bits per heavy atom. The van der Waals surface area contributed by atoms with E-state index < -0.39 is 0 Å². The Balaban J connectivity index is 2.67. The normalized spacial score (nSPS) is 10.4. The lowest BCUT2D eigenvalue weighted by atomic mass is 10.4. The molecule has 0 fully saturated rings. The second-order valence-electron chi connectivity index (χ2n) is 3.82. The maximum atomic E-state index is 5.41. The van der Waals surface area contributed by atoms with Crippen LogP contribution in [0.3, 0.4) is 0 Å². The molecule has 1 rings (SSSR count). The summed E-state index contributed by atoms with van der Waals surface area (Å²) in [5.41, 5.74) is 0. The molecule has 96 valence electrons. The summed E-state index contributed by atoms with van der Waals surface area (Å²) >= 11 is 0. The summed E-state index contributed by atoms with van der Waals surface area (Å²) in [6, 6.07) is 1.88. The van der Waals surface area contributed by atoms with Crippen molar-refractivity contribution in [3.63, 3.8) is 0 Å². The van der Waals surface area contributed by atoms with Crippen LogP contribution in [0, 0.1) is 6.92 Å². The lowest BCUT2D eigenvalue weighted by Crippen LogP contribution is -2.29. The summed E-state index contributed by atoms with van der Waals surface area (Å²) in [4.78, 5) is 10.7. The van der Waals surface area contributed by atoms with E-state index in [9.17, 15) is 0 Å². The molecule has 0 bridgehead atoms. The smallest absolute Gasteiger partial charge is 0.218 e. The third-order valence-electron chi connectivity index (χ3n) is 2.36. The average molecular weight is 238 g/mol. The van der Waals surface area contributed by atoms with E-state index >= 15 is 0 Å². The van der Waals surface area contributed by atoms with Crippen LogP contribution < -0.4 is 15.0 Å². The average Bonchev–Trinajstić information content (AvgIpc) is 2.29. The van der Waals surface area contributed by atoms with Gasteiger partial charge in [-0.2, -0.15) is 4.98 Å². The van der Waals surface area contributed by atoms with Gasteiger partial charge in [0.25, 0.3) is 0 Å². The topological polar surface area (TPSA) is 50.3 Å². The Kier molecular flexibility index (Phi) is 5.69. The molecule has 0 atom stereocenters. The number of likely N-dealkylation sites (N-methyl/N-ethyl adjacent to an activating group) is 2. The van der Waals surface area contributed by atoms with Gasteiger partial charge in [-0.05, 0) is 20.4 Å². The van der Waals surface area contributed by atoms with Crippen LogP contribution in [0.4, 0.5) is 5.82 Å². The van der Waals surface area contributed by atoms with Crippen molar-refractivity contribution in [2.24, 2.45) is 0 Å². The minimum atomic E-state index is 0.622. The number of anilines is 1. The Bertz CT molecular complexity index is 343. The standard InChI is InChI=1S/C12H22N4O/c1-5-13-7-8-16(4)11-9-12(17-6-2)15-10(3)14-11/h9,13H,5-8H2,1-4H3. The highest BCUT2D eigenvalue weighted by atomic mass is 16.5. The first-order chi connectivity index (χ1) is 8.17. The molecule has 0 aromatic carbocycles. The molecular formula is C12H22N4O. The predicted octanol–water partition coefficient (Wildman–Crippen LogP) is 1.23. The van der Waals surface area contributed by atoms with Crippen LogP contribution in [0.1, 0.15) is 19.7 Å². The second-order valence-corrected chi connectivity index (χ2v) is 3.82. The zero-order chi connectivity index (χ0) is 12.7. The summed E-state index contributed by atoms with van der Waals surface area (Å²) in [6.07, 6.45) is 0. The van der Waals surface area contributed by atoms with Gasteiger partial charge in [-0.15, -0.1) is 0 Å². The largest absolute Gasteiger partial charge is 0.478 e. The molecule has 0 saturated carbocycles. The van der Waals surface area contributed by atoms with E-state index in [-0.39, 0.29) is 0 Å². The van der Waals surface area contributed by atoms with Gasteiger partial charge in [-0.1, -0.05) is 6.92 Å². The van der Waals surface area contributed by atoms with Crippen molar-refractivity contribution >= 4 is 5.82 Å². The lowest BCUT2D eigenvalue weighted by molar-refractivity contribution is 0.325. The molecule has 0 unspecified atom stereocenters. The molecule has 0 aliphatic rings. The third-order valence-corrected chi connectivity index (χ3v) is 2.36. The van der Waals surface area contributed by atoms with Crippen LogP contribution in [0.15, 0.2) is 6.07 Å². The Hall–Kier alpha value is -1.36. The van der Waals surface area contributed by atoms with Gasteiger partial charge in [0.1, 0.15) is 11.6 Å². The molecule has 17 heavy (non-hydrogen) atoms. The third kappa shape index (κ3) is 4.56. The van der Waals surface area contributed by atoms with Gasteiger partial charge in [-0.25, -0.2) is 4.98 Å². The number of rotatable bonds is 7. The number of aryl methyl sites for hydroxylation is 1. The molecule has 1 heterocycles. The maximum absolute atomic E-state index is 5.41. The van der Waals surface area contributed by atoms with E-state index in [1.165, 1.54) is 0 Å². The van der Waals surface area contributed by atoms with Gasteiger partial charge in [0.05, 0.1) is 6.61 Å². The summed E-state index contributed by atoms with van der Waals surface area (Å²) in [5, 5.41) is 3.29. The number of hydrogen-bond acceptors (Lipinski definition) is 5. The van der Waals surface area contributed by atoms with E-state index in [4.69, 9.17) is 4.74 Å². The van der Waals surface area contributed by atoms with Gasteiger partial charge in [0, 0.05) is 26.2 Å². The van der Waals surface area contributed by atoms with Crippen molar-refractivity contribution < 1.29 is 4.74 Å². The first-order valence-corrected chi connectivity index (χ1v) is 6.07. The van der Waals surface area contributed by atoms with Crippen molar-refractivity contribution in [3.05, 3.63) is 11.9 Å². The molecule has 0 aliphatic carbocycles. The van der Waals surface area contributed by atoms with E-state index in [1.54, 1.807) is 0 Å². The van der Waals surface area contributed by atoms with Crippen LogP contribution >= 0.6 is 0 Å². The molecule has 0 radical (unpaired) electrons.